The number of benzene rings is 3. The van der Waals surface area contributed by atoms with Gasteiger partial charge in [-0.2, -0.15) is 5.10 Å². The molecule has 0 spiro atoms. The van der Waals surface area contributed by atoms with Crippen LogP contribution < -0.4 is 14.2 Å². The average Bonchev–Trinajstić information content (AvgIpc) is 3.24. The van der Waals surface area contributed by atoms with Crippen LogP contribution in [0, 0.1) is 0 Å². The van der Waals surface area contributed by atoms with Crippen LogP contribution in [0.3, 0.4) is 0 Å². The van der Waals surface area contributed by atoms with Gasteiger partial charge in [-0.1, -0.05) is 41.9 Å². The third-order valence-electron chi connectivity index (χ3n) is 5.55. The van der Waals surface area contributed by atoms with Crippen molar-refractivity contribution in [3.63, 3.8) is 0 Å². The SMILES string of the molecule is COc1ccc(C2=NN3C(C2)c2ccccc2OC3c2cccc(Cl)c2)cc1OC. The topological polar surface area (TPSA) is 43.3 Å². The summed E-state index contributed by atoms with van der Waals surface area (Å²) in [7, 11) is 3.27. The molecule has 152 valence electrons. The maximum Gasteiger partial charge on any atom is 0.213 e. The van der Waals surface area contributed by atoms with Crippen LogP contribution in [0.25, 0.3) is 0 Å². The minimum absolute atomic E-state index is 0.0852. The van der Waals surface area contributed by atoms with Crippen LogP contribution >= 0.6 is 11.6 Å². The molecule has 0 saturated heterocycles. The molecule has 30 heavy (non-hydrogen) atoms. The van der Waals surface area contributed by atoms with Crippen LogP contribution in [0.5, 0.6) is 17.2 Å². The Labute approximate surface area is 180 Å². The highest BCUT2D eigenvalue weighted by Crippen LogP contribution is 2.47. The first-order valence-electron chi connectivity index (χ1n) is 9.77. The molecule has 0 amide bonds. The van der Waals surface area contributed by atoms with E-state index in [1.165, 1.54) is 0 Å². The zero-order valence-corrected chi connectivity index (χ0v) is 17.5. The number of para-hydroxylation sites is 1. The summed E-state index contributed by atoms with van der Waals surface area (Å²) < 4.78 is 17.2. The number of ether oxygens (including phenoxy) is 3. The zero-order valence-electron chi connectivity index (χ0n) is 16.7. The number of hydrogen-bond acceptors (Lipinski definition) is 5. The van der Waals surface area contributed by atoms with Gasteiger partial charge in [-0.3, -0.25) is 0 Å². The molecule has 2 aliphatic rings. The van der Waals surface area contributed by atoms with Gasteiger partial charge in [-0.25, -0.2) is 5.01 Å². The summed E-state index contributed by atoms with van der Waals surface area (Å²) in [4.78, 5) is 0. The Morgan fingerprint density at radius 3 is 2.60 bits per heavy atom. The Kier molecular flexibility index (Phi) is 4.75. The standard InChI is InChI=1S/C24H21ClN2O3/c1-28-22-11-10-15(13-23(22)29-2)19-14-20-18-8-3-4-9-21(18)30-24(27(20)26-19)16-6-5-7-17(25)12-16/h3-13,20,24H,14H2,1-2H3. The molecule has 2 aliphatic heterocycles. The number of methoxy groups -OCH3 is 2. The fraction of sp³-hybridized carbons (Fsp3) is 0.208. The lowest BCUT2D eigenvalue weighted by molar-refractivity contribution is -0.0190. The van der Waals surface area contributed by atoms with Crippen LogP contribution in [0.1, 0.15) is 35.4 Å². The first-order chi connectivity index (χ1) is 14.7. The number of hydrazone groups is 1. The summed E-state index contributed by atoms with van der Waals surface area (Å²) in [5, 5.41) is 7.70. The molecule has 5 nitrogen and oxygen atoms in total. The summed E-state index contributed by atoms with van der Waals surface area (Å²) in [5.74, 6) is 2.26. The minimum atomic E-state index is -0.346. The molecule has 6 heteroatoms. The predicted molar refractivity (Wildman–Crippen MR) is 117 cm³/mol. The van der Waals surface area contributed by atoms with Gasteiger partial charge in [-0.15, -0.1) is 0 Å². The van der Waals surface area contributed by atoms with Crippen LogP contribution in [0.15, 0.2) is 71.8 Å². The van der Waals surface area contributed by atoms with Crippen molar-refractivity contribution >= 4 is 17.3 Å². The molecule has 2 heterocycles. The summed E-state index contributed by atoms with van der Waals surface area (Å²) in [6, 6.07) is 21.9. The first-order valence-corrected chi connectivity index (χ1v) is 10.1. The van der Waals surface area contributed by atoms with Gasteiger partial charge >= 0.3 is 0 Å². The van der Waals surface area contributed by atoms with Crippen molar-refractivity contribution in [3.8, 4) is 17.2 Å². The number of rotatable bonds is 4. The fourth-order valence-corrected chi connectivity index (χ4v) is 4.30. The Balaban J connectivity index is 1.58. The zero-order chi connectivity index (χ0) is 20.7. The summed E-state index contributed by atoms with van der Waals surface area (Å²) in [6.45, 7) is 0. The van der Waals surface area contributed by atoms with Crippen molar-refractivity contribution in [1.82, 2.24) is 5.01 Å². The first kappa shape index (κ1) is 18.8. The molecule has 0 saturated carbocycles. The maximum atomic E-state index is 6.37. The number of hydrogen-bond donors (Lipinski definition) is 0. The van der Waals surface area contributed by atoms with E-state index in [0.29, 0.717) is 16.5 Å². The molecule has 3 aromatic rings. The third kappa shape index (κ3) is 3.15. The van der Waals surface area contributed by atoms with Crippen molar-refractivity contribution < 1.29 is 14.2 Å². The predicted octanol–water partition coefficient (Wildman–Crippen LogP) is 5.60. The van der Waals surface area contributed by atoms with Crippen molar-refractivity contribution in [2.24, 2.45) is 5.10 Å². The molecule has 3 aromatic carbocycles. The molecular weight excluding hydrogens is 400 g/mol. The Hall–Kier alpha value is -3.18. The van der Waals surface area contributed by atoms with E-state index in [9.17, 15) is 0 Å². The Morgan fingerprint density at radius 2 is 1.80 bits per heavy atom. The van der Waals surface area contributed by atoms with Crippen molar-refractivity contribution in [2.75, 3.05) is 14.2 Å². The lowest BCUT2D eigenvalue weighted by Crippen LogP contribution is -2.33. The molecule has 5 rings (SSSR count). The van der Waals surface area contributed by atoms with Gasteiger partial charge in [-0.05, 0) is 36.4 Å². The van der Waals surface area contributed by atoms with Gasteiger partial charge in [0.25, 0.3) is 0 Å². The van der Waals surface area contributed by atoms with Gasteiger partial charge in [0.05, 0.1) is 26.0 Å². The van der Waals surface area contributed by atoms with Crippen LogP contribution in [0.4, 0.5) is 0 Å². The van der Waals surface area contributed by atoms with Crippen LogP contribution in [0.2, 0.25) is 5.02 Å². The summed E-state index contributed by atoms with van der Waals surface area (Å²) in [5.41, 5.74) is 4.09. The van der Waals surface area contributed by atoms with E-state index in [1.54, 1.807) is 14.2 Å². The van der Waals surface area contributed by atoms with Gasteiger partial charge in [0, 0.05) is 28.1 Å². The van der Waals surface area contributed by atoms with Gasteiger partial charge < -0.3 is 14.2 Å². The van der Waals surface area contributed by atoms with Crippen LogP contribution in [-0.2, 0) is 0 Å². The lowest BCUT2D eigenvalue weighted by atomic mass is 9.96. The largest absolute Gasteiger partial charge is 0.493 e. The second-order valence-electron chi connectivity index (χ2n) is 7.28. The van der Waals surface area contributed by atoms with Gasteiger partial charge in [0.15, 0.2) is 11.5 Å². The molecule has 2 atom stereocenters. The normalized spacial score (nSPS) is 19.4. The number of fused-ring (bicyclic) bond motifs is 3. The number of halogens is 1. The smallest absolute Gasteiger partial charge is 0.213 e. The Bertz CT molecular complexity index is 1130. The molecule has 0 aliphatic carbocycles. The van der Waals surface area contributed by atoms with E-state index >= 15 is 0 Å². The second kappa shape index (κ2) is 7.58. The van der Waals surface area contributed by atoms with Crippen molar-refractivity contribution in [3.05, 3.63) is 88.4 Å². The van der Waals surface area contributed by atoms with Crippen molar-refractivity contribution in [1.29, 1.82) is 0 Å². The quantitative estimate of drug-likeness (QED) is 0.551. The molecule has 0 aromatic heterocycles. The third-order valence-corrected chi connectivity index (χ3v) is 5.78. The fourth-order valence-electron chi connectivity index (χ4n) is 4.10. The van der Waals surface area contributed by atoms with Crippen molar-refractivity contribution in [2.45, 2.75) is 18.7 Å². The molecule has 0 N–H and O–H groups in total. The average molecular weight is 421 g/mol. The second-order valence-corrected chi connectivity index (χ2v) is 7.72. The molecular formula is C24H21ClN2O3. The molecule has 0 radical (unpaired) electrons. The highest BCUT2D eigenvalue weighted by molar-refractivity contribution is 6.30. The maximum absolute atomic E-state index is 6.37. The summed E-state index contributed by atoms with van der Waals surface area (Å²) >= 11 is 6.26. The van der Waals surface area contributed by atoms with Gasteiger partial charge in [0.1, 0.15) is 5.75 Å². The molecule has 2 unspecified atom stereocenters. The summed E-state index contributed by atoms with van der Waals surface area (Å²) in [6.07, 6.45) is 0.425. The van der Waals surface area contributed by atoms with E-state index < -0.39 is 0 Å². The van der Waals surface area contributed by atoms with E-state index in [4.69, 9.17) is 30.9 Å². The van der Waals surface area contributed by atoms with E-state index in [-0.39, 0.29) is 12.3 Å². The van der Waals surface area contributed by atoms with E-state index in [2.05, 4.69) is 6.07 Å². The minimum Gasteiger partial charge on any atom is -0.493 e. The molecule has 0 bridgehead atoms. The lowest BCUT2D eigenvalue weighted by Gasteiger charge is -2.38. The van der Waals surface area contributed by atoms with E-state index in [0.717, 1.165) is 34.6 Å². The van der Waals surface area contributed by atoms with E-state index in [1.807, 2.05) is 65.7 Å². The highest BCUT2D eigenvalue weighted by atomic mass is 35.5. The Morgan fingerprint density at radius 1 is 0.967 bits per heavy atom. The highest BCUT2D eigenvalue weighted by Gasteiger charge is 2.41. The van der Waals surface area contributed by atoms with Gasteiger partial charge in [0.2, 0.25) is 6.23 Å². The van der Waals surface area contributed by atoms with Crippen LogP contribution in [-0.4, -0.2) is 24.9 Å². The monoisotopic (exact) mass is 420 g/mol. The molecule has 0 fully saturated rings. The number of nitrogens with zero attached hydrogens (tertiary/aromatic N) is 2.